The van der Waals surface area contributed by atoms with E-state index in [2.05, 4.69) is 4.98 Å². The second-order valence-corrected chi connectivity index (χ2v) is 5.07. The standard InChI is InChI=1S/C15H27N3O4/c19-8-4-17(5-9-20)12-14-2-1-3-15(16-14)13-18(6-10-21)7-11-22/h1-3,19-22H,4-13H2. The highest BCUT2D eigenvalue weighted by Crippen LogP contribution is 2.06. The van der Waals surface area contributed by atoms with Gasteiger partial charge in [0, 0.05) is 39.3 Å². The van der Waals surface area contributed by atoms with Gasteiger partial charge in [-0.05, 0) is 12.1 Å². The molecule has 4 N–H and O–H groups in total. The lowest BCUT2D eigenvalue weighted by molar-refractivity contribution is 0.152. The minimum atomic E-state index is 0.0421. The maximum Gasteiger partial charge on any atom is 0.0558 e. The summed E-state index contributed by atoms with van der Waals surface area (Å²) in [5.41, 5.74) is 1.74. The summed E-state index contributed by atoms with van der Waals surface area (Å²) in [6.45, 7) is 3.27. The summed E-state index contributed by atoms with van der Waals surface area (Å²) in [5.74, 6) is 0. The monoisotopic (exact) mass is 313 g/mol. The molecule has 126 valence electrons. The van der Waals surface area contributed by atoms with E-state index in [1.54, 1.807) is 0 Å². The molecule has 7 heteroatoms. The molecule has 0 aliphatic rings. The summed E-state index contributed by atoms with van der Waals surface area (Å²) in [7, 11) is 0. The zero-order valence-electron chi connectivity index (χ0n) is 12.9. The van der Waals surface area contributed by atoms with Crippen LogP contribution in [0.25, 0.3) is 0 Å². The van der Waals surface area contributed by atoms with Crippen LogP contribution in [0.1, 0.15) is 11.4 Å². The van der Waals surface area contributed by atoms with E-state index in [0.29, 0.717) is 39.3 Å². The van der Waals surface area contributed by atoms with Gasteiger partial charge in [0.2, 0.25) is 0 Å². The van der Waals surface area contributed by atoms with E-state index in [1.165, 1.54) is 0 Å². The van der Waals surface area contributed by atoms with E-state index in [9.17, 15) is 0 Å². The van der Waals surface area contributed by atoms with Crippen molar-refractivity contribution in [2.45, 2.75) is 13.1 Å². The molecule has 1 aromatic rings. The molecule has 0 aromatic carbocycles. The van der Waals surface area contributed by atoms with Gasteiger partial charge >= 0.3 is 0 Å². The van der Waals surface area contributed by atoms with Crippen LogP contribution in [0, 0.1) is 0 Å². The number of rotatable bonds is 12. The Balaban J connectivity index is 2.67. The van der Waals surface area contributed by atoms with Gasteiger partial charge in [0.25, 0.3) is 0 Å². The van der Waals surface area contributed by atoms with E-state index in [4.69, 9.17) is 20.4 Å². The third-order valence-electron chi connectivity index (χ3n) is 3.30. The minimum absolute atomic E-state index is 0.0421. The molecule has 0 radical (unpaired) electrons. The Bertz CT molecular complexity index is 361. The molecule has 0 amide bonds. The maximum absolute atomic E-state index is 9.04. The van der Waals surface area contributed by atoms with Crippen LogP contribution in [0.2, 0.25) is 0 Å². The van der Waals surface area contributed by atoms with Gasteiger partial charge in [-0.1, -0.05) is 6.07 Å². The summed E-state index contributed by atoms with van der Waals surface area (Å²) >= 11 is 0. The van der Waals surface area contributed by atoms with E-state index >= 15 is 0 Å². The van der Waals surface area contributed by atoms with Gasteiger partial charge in [-0.15, -0.1) is 0 Å². The van der Waals surface area contributed by atoms with Crippen molar-refractivity contribution in [3.8, 4) is 0 Å². The number of aliphatic hydroxyl groups is 4. The molecule has 0 atom stereocenters. The number of aromatic nitrogens is 1. The fourth-order valence-corrected chi connectivity index (χ4v) is 2.27. The number of pyridine rings is 1. The quantitative estimate of drug-likeness (QED) is 0.379. The lowest BCUT2D eigenvalue weighted by atomic mass is 10.2. The summed E-state index contributed by atoms with van der Waals surface area (Å²) < 4.78 is 0. The Morgan fingerprint density at radius 2 is 1.05 bits per heavy atom. The molecule has 1 rings (SSSR count). The fourth-order valence-electron chi connectivity index (χ4n) is 2.27. The first-order valence-corrected chi connectivity index (χ1v) is 7.56. The molecule has 7 nitrogen and oxygen atoms in total. The van der Waals surface area contributed by atoms with Crippen molar-refractivity contribution in [1.29, 1.82) is 0 Å². The van der Waals surface area contributed by atoms with Crippen molar-refractivity contribution in [2.24, 2.45) is 0 Å². The van der Waals surface area contributed by atoms with E-state index < -0.39 is 0 Å². The molecule has 0 spiro atoms. The first-order valence-electron chi connectivity index (χ1n) is 7.56. The zero-order valence-corrected chi connectivity index (χ0v) is 12.9. The molecule has 0 aliphatic carbocycles. The zero-order chi connectivity index (χ0) is 16.2. The normalized spacial score (nSPS) is 11.5. The molecule has 0 unspecified atom stereocenters. The van der Waals surface area contributed by atoms with Crippen LogP contribution in [-0.2, 0) is 13.1 Å². The Labute approximate surface area is 131 Å². The van der Waals surface area contributed by atoms with Crippen LogP contribution < -0.4 is 0 Å². The van der Waals surface area contributed by atoms with Gasteiger partial charge in [0.1, 0.15) is 0 Å². The lowest BCUT2D eigenvalue weighted by Gasteiger charge is -2.21. The first kappa shape index (κ1) is 19.0. The summed E-state index contributed by atoms with van der Waals surface area (Å²) in [4.78, 5) is 8.44. The number of hydrogen-bond donors (Lipinski definition) is 4. The van der Waals surface area contributed by atoms with Crippen LogP contribution >= 0.6 is 0 Å². The average Bonchev–Trinajstić information content (AvgIpc) is 2.49. The average molecular weight is 313 g/mol. The SMILES string of the molecule is OCCN(CCO)Cc1cccc(CN(CCO)CCO)n1. The highest BCUT2D eigenvalue weighted by atomic mass is 16.3. The number of hydrogen-bond acceptors (Lipinski definition) is 7. The van der Waals surface area contributed by atoms with Crippen molar-refractivity contribution in [1.82, 2.24) is 14.8 Å². The van der Waals surface area contributed by atoms with E-state index in [-0.39, 0.29) is 26.4 Å². The van der Waals surface area contributed by atoms with E-state index in [0.717, 1.165) is 11.4 Å². The van der Waals surface area contributed by atoms with Crippen LogP contribution in [0.15, 0.2) is 18.2 Å². The summed E-state index contributed by atoms with van der Waals surface area (Å²) in [6, 6.07) is 5.74. The molecule has 1 aromatic heterocycles. The topological polar surface area (TPSA) is 100 Å². The fraction of sp³-hybridized carbons (Fsp3) is 0.667. The highest BCUT2D eigenvalue weighted by Gasteiger charge is 2.09. The second-order valence-electron chi connectivity index (χ2n) is 5.07. The highest BCUT2D eigenvalue weighted by molar-refractivity contribution is 5.11. The largest absolute Gasteiger partial charge is 0.395 e. The van der Waals surface area contributed by atoms with Crippen molar-refractivity contribution >= 4 is 0 Å². The van der Waals surface area contributed by atoms with Crippen LogP contribution in [0.3, 0.4) is 0 Å². The van der Waals surface area contributed by atoms with Crippen molar-refractivity contribution in [2.75, 3.05) is 52.6 Å². The molecule has 22 heavy (non-hydrogen) atoms. The van der Waals surface area contributed by atoms with Gasteiger partial charge in [-0.2, -0.15) is 0 Å². The van der Waals surface area contributed by atoms with Gasteiger partial charge < -0.3 is 20.4 Å². The van der Waals surface area contributed by atoms with Gasteiger partial charge in [-0.25, -0.2) is 0 Å². The van der Waals surface area contributed by atoms with Crippen LogP contribution in [0.5, 0.6) is 0 Å². The predicted molar refractivity (Wildman–Crippen MR) is 83.1 cm³/mol. The van der Waals surface area contributed by atoms with Gasteiger partial charge in [0.05, 0.1) is 37.8 Å². The molecule has 0 saturated carbocycles. The summed E-state index contributed by atoms with van der Waals surface area (Å²) in [6.07, 6.45) is 0. The number of nitrogens with zero attached hydrogens (tertiary/aromatic N) is 3. The van der Waals surface area contributed by atoms with Gasteiger partial charge in [-0.3, -0.25) is 14.8 Å². The van der Waals surface area contributed by atoms with Crippen molar-refractivity contribution < 1.29 is 20.4 Å². The Hall–Kier alpha value is -1.09. The molecule has 0 saturated heterocycles. The van der Waals surface area contributed by atoms with Crippen LogP contribution in [0.4, 0.5) is 0 Å². The Kier molecular flexibility index (Phi) is 9.89. The van der Waals surface area contributed by atoms with Crippen LogP contribution in [-0.4, -0.2) is 87.8 Å². The molecular formula is C15H27N3O4. The Morgan fingerprint density at radius 1 is 0.682 bits per heavy atom. The third-order valence-corrected chi connectivity index (χ3v) is 3.30. The lowest BCUT2D eigenvalue weighted by Crippen LogP contribution is -2.31. The molecule has 0 bridgehead atoms. The van der Waals surface area contributed by atoms with Gasteiger partial charge in [0.15, 0.2) is 0 Å². The smallest absolute Gasteiger partial charge is 0.0558 e. The predicted octanol–water partition coefficient (Wildman–Crippen LogP) is -1.35. The Morgan fingerprint density at radius 3 is 1.36 bits per heavy atom. The summed E-state index contributed by atoms with van der Waals surface area (Å²) in [5, 5.41) is 36.1. The molecule has 0 aliphatic heterocycles. The molecule has 1 heterocycles. The second kappa shape index (κ2) is 11.5. The van der Waals surface area contributed by atoms with Crippen molar-refractivity contribution in [3.63, 3.8) is 0 Å². The van der Waals surface area contributed by atoms with E-state index in [1.807, 2.05) is 28.0 Å². The first-order chi connectivity index (χ1) is 10.7. The third kappa shape index (κ3) is 7.26. The minimum Gasteiger partial charge on any atom is -0.395 e. The van der Waals surface area contributed by atoms with Crippen molar-refractivity contribution in [3.05, 3.63) is 29.6 Å². The number of aliphatic hydroxyl groups excluding tert-OH is 4. The molecular weight excluding hydrogens is 286 g/mol. The maximum atomic E-state index is 9.04. The molecule has 0 fully saturated rings.